The molecule has 2 amide bonds. The molecule has 0 aliphatic heterocycles. The van der Waals surface area contributed by atoms with E-state index in [0.29, 0.717) is 11.3 Å². The maximum absolute atomic E-state index is 11.8. The van der Waals surface area contributed by atoms with E-state index in [2.05, 4.69) is 21.2 Å². The fourth-order valence-electron chi connectivity index (χ4n) is 1.13. The molecule has 1 rings (SSSR count). The predicted octanol–water partition coefficient (Wildman–Crippen LogP) is 0.849. The minimum Gasteiger partial charge on any atom is -0.398 e. The summed E-state index contributed by atoms with van der Waals surface area (Å²) in [5.41, 5.74) is 6.41. The molecule has 3 N–H and O–H groups in total. The number of amides is 2. The second-order valence-electron chi connectivity index (χ2n) is 3.70. The lowest BCUT2D eigenvalue weighted by atomic mass is 10.1. The van der Waals surface area contributed by atoms with Crippen molar-refractivity contribution in [2.75, 3.05) is 26.4 Å². The van der Waals surface area contributed by atoms with Gasteiger partial charge < -0.3 is 16.0 Å². The van der Waals surface area contributed by atoms with E-state index in [4.69, 9.17) is 5.73 Å². The summed E-state index contributed by atoms with van der Waals surface area (Å²) in [6, 6.07) is 4.99. The van der Waals surface area contributed by atoms with Gasteiger partial charge in [0.15, 0.2) is 0 Å². The van der Waals surface area contributed by atoms with E-state index in [0.717, 1.165) is 4.47 Å². The molecule has 92 valence electrons. The minimum atomic E-state index is -0.362. The summed E-state index contributed by atoms with van der Waals surface area (Å²) in [7, 11) is 3.25. The number of nitrogens with zero attached hydrogens (tertiary/aromatic N) is 1. The molecule has 0 spiro atoms. The Morgan fingerprint density at radius 2 is 2.06 bits per heavy atom. The number of likely N-dealkylation sites (N-methyl/N-ethyl adjacent to an activating group) is 1. The van der Waals surface area contributed by atoms with Crippen LogP contribution in [0.25, 0.3) is 0 Å². The summed E-state index contributed by atoms with van der Waals surface area (Å²) in [6.07, 6.45) is 0. The Labute approximate surface area is 108 Å². The Balaban J connectivity index is 2.70. The fourth-order valence-corrected chi connectivity index (χ4v) is 1.50. The fraction of sp³-hybridized carbons (Fsp3) is 0.273. The zero-order valence-electron chi connectivity index (χ0n) is 9.66. The number of rotatable bonds is 3. The van der Waals surface area contributed by atoms with Gasteiger partial charge in [-0.1, -0.05) is 15.9 Å². The average molecular weight is 300 g/mol. The first-order valence-electron chi connectivity index (χ1n) is 4.95. The number of halogens is 1. The molecule has 0 saturated carbocycles. The number of nitrogens with one attached hydrogen (secondary N) is 1. The molecule has 0 aromatic heterocycles. The Bertz CT molecular complexity index is 446. The molecular formula is C11H14BrN3O2. The van der Waals surface area contributed by atoms with E-state index >= 15 is 0 Å². The van der Waals surface area contributed by atoms with Crippen molar-refractivity contribution in [2.45, 2.75) is 0 Å². The standard InChI is InChI=1S/C11H14BrN3O2/c1-15(2)10(16)6-14-11(17)8-5-7(12)3-4-9(8)13/h3-5H,6,13H2,1-2H3,(H,14,17). The largest absolute Gasteiger partial charge is 0.398 e. The first-order valence-corrected chi connectivity index (χ1v) is 5.74. The zero-order valence-corrected chi connectivity index (χ0v) is 11.2. The van der Waals surface area contributed by atoms with E-state index < -0.39 is 0 Å². The first kappa shape index (κ1) is 13.5. The summed E-state index contributed by atoms with van der Waals surface area (Å²) >= 11 is 3.26. The van der Waals surface area contributed by atoms with Crippen molar-refractivity contribution in [2.24, 2.45) is 0 Å². The van der Waals surface area contributed by atoms with Crippen molar-refractivity contribution >= 4 is 33.4 Å². The molecule has 0 unspecified atom stereocenters. The quantitative estimate of drug-likeness (QED) is 0.813. The number of benzene rings is 1. The van der Waals surface area contributed by atoms with Crippen molar-refractivity contribution in [3.8, 4) is 0 Å². The van der Waals surface area contributed by atoms with Gasteiger partial charge in [-0.15, -0.1) is 0 Å². The molecular weight excluding hydrogens is 286 g/mol. The highest BCUT2D eigenvalue weighted by atomic mass is 79.9. The summed E-state index contributed by atoms with van der Waals surface area (Å²) in [6.45, 7) is -0.0439. The Morgan fingerprint density at radius 1 is 1.41 bits per heavy atom. The number of carbonyl (C=O) groups excluding carboxylic acids is 2. The van der Waals surface area contributed by atoms with Crippen LogP contribution in [0.2, 0.25) is 0 Å². The summed E-state index contributed by atoms with van der Waals surface area (Å²) in [5, 5.41) is 2.52. The molecule has 6 heteroatoms. The summed E-state index contributed by atoms with van der Waals surface area (Å²) < 4.78 is 0.760. The van der Waals surface area contributed by atoms with Gasteiger partial charge in [0.1, 0.15) is 0 Å². The summed E-state index contributed by atoms with van der Waals surface area (Å²) in [5.74, 6) is -0.536. The van der Waals surface area contributed by atoms with Gasteiger partial charge in [0.2, 0.25) is 5.91 Å². The lowest BCUT2D eigenvalue weighted by molar-refractivity contribution is -0.127. The minimum absolute atomic E-state index is 0.0439. The van der Waals surface area contributed by atoms with Crippen molar-refractivity contribution in [1.29, 1.82) is 0 Å². The molecule has 0 radical (unpaired) electrons. The van der Waals surface area contributed by atoms with E-state index in [1.165, 1.54) is 4.90 Å². The highest BCUT2D eigenvalue weighted by Crippen LogP contribution is 2.18. The molecule has 0 fully saturated rings. The van der Waals surface area contributed by atoms with E-state index in [-0.39, 0.29) is 18.4 Å². The smallest absolute Gasteiger partial charge is 0.253 e. The third-order valence-corrected chi connectivity index (χ3v) is 2.65. The third kappa shape index (κ3) is 3.74. The highest BCUT2D eigenvalue weighted by Gasteiger charge is 2.12. The molecule has 0 aliphatic rings. The van der Waals surface area contributed by atoms with Crippen LogP contribution in [-0.2, 0) is 4.79 Å². The van der Waals surface area contributed by atoms with Crippen LogP contribution in [0.3, 0.4) is 0 Å². The van der Waals surface area contributed by atoms with E-state index in [1.54, 1.807) is 32.3 Å². The topological polar surface area (TPSA) is 75.4 Å². The molecule has 0 bridgehead atoms. The maximum Gasteiger partial charge on any atom is 0.253 e. The summed E-state index contributed by atoms with van der Waals surface area (Å²) in [4.78, 5) is 24.5. The average Bonchev–Trinajstić information content (AvgIpc) is 2.28. The van der Waals surface area contributed by atoms with Crippen LogP contribution in [0.1, 0.15) is 10.4 Å². The monoisotopic (exact) mass is 299 g/mol. The number of carbonyl (C=O) groups is 2. The van der Waals surface area contributed by atoms with Gasteiger partial charge in [0.05, 0.1) is 12.1 Å². The molecule has 1 aromatic carbocycles. The van der Waals surface area contributed by atoms with Crippen LogP contribution in [-0.4, -0.2) is 37.4 Å². The van der Waals surface area contributed by atoms with E-state index in [9.17, 15) is 9.59 Å². The molecule has 0 heterocycles. The van der Waals surface area contributed by atoms with Crippen LogP contribution in [0.4, 0.5) is 5.69 Å². The Morgan fingerprint density at radius 3 is 2.65 bits per heavy atom. The van der Waals surface area contributed by atoms with Crippen LogP contribution in [0.5, 0.6) is 0 Å². The van der Waals surface area contributed by atoms with Gasteiger partial charge in [0, 0.05) is 24.3 Å². The number of hydrogen-bond acceptors (Lipinski definition) is 3. The third-order valence-electron chi connectivity index (χ3n) is 2.16. The second kappa shape index (κ2) is 5.67. The lowest BCUT2D eigenvalue weighted by Crippen LogP contribution is -2.36. The second-order valence-corrected chi connectivity index (χ2v) is 4.62. The zero-order chi connectivity index (χ0) is 13.0. The van der Waals surface area contributed by atoms with E-state index in [1.807, 2.05) is 0 Å². The molecule has 0 atom stereocenters. The van der Waals surface area contributed by atoms with Gasteiger partial charge in [-0.05, 0) is 18.2 Å². The van der Waals surface area contributed by atoms with Gasteiger partial charge in [-0.2, -0.15) is 0 Å². The van der Waals surface area contributed by atoms with Crippen molar-refractivity contribution in [1.82, 2.24) is 10.2 Å². The van der Waals surface area contributed by atoms with Crippen molar-refractivity contribution < 1.29 is 9.59 Å². The number of anilines is 1. The molecule has 17 heavy (non-hydrogen) atoms. The highest BCUT2D eigenvalue weighted by molar-refractivity contribution is 9.10. The molecule has 1 aromatic rings. The maximum atomic E-state index is 11.8. The SMILES string of the molecule is CN(C)C(=O)CNC(=O)c1cc(Br)ccc1N. The molecule has 0 aliphatic carbocycles. The van der Waals surface area contributed by atoms with Gasteiger partial charge in [0.25, 0.3) is 5.91 Å². The van der Waals surface area contributed by atoms with Gasteiger partial charge in [-0.25, -0.2) is 0 Å². The van der Waals surface area contributed by atoms with Crippen molar-refractivity contribution in [3.05, 3.63) is 28.2 Å². The van der Waals surface area contributed by atoms with Crippen LogP contribution < -0.4 is 11.1 Å². The normalized spacial score (nSPS) is 9.82. The Hall–Kier alpha value is -1.56. The lowest BCUT2D eigenvalue weighted by Gasteiger charge is -2.11. The van der Waals surface area contributed by atoms with Crippen LogP contribution in [0, 0.1) is 0 Å². The van der Waals surface area contributed by atoms with Crippen LogP contribution >= 0.6 is 15.9 Å². The molecule has 0 saturated heterocycles. The van der Waals surface area contributed by atoms with Gasteiger partial charge in [-0.3, -0.25) is 9.59 Å². The number of nitrogens with two attached hydrogens (primary N) is 1. The first-order chi connectivity index (χ1) is 7.91. The predicted molar refractivity (Wildman–Crippen MR) is 69.6 cm³/mol. The molecule has 5 nitrogen and oxygen atoms in total. The van der Waals surface area contributed by atoms with Crippen molar-refractivity contribution in [3.63, 3.8) is 0 Å². The van der Waals surface area contributed by atoms with Gasteiger partial charge >= 0.3 is 0 Å². The number of nitrogen functional groups attached to an aromatic ring is 1. The van der Waals surface area contributed by atoms with Crippen LogP contribution in [0.15, 0.2) is 22.7 Å². The Kier molecular flexibility index (Phi) is 4.51. The number of hydrogen-bond donors (Lipinski definition) is 2.